The molecule has 1 aromatic rings. The Morgan fingerprint density at radius 2 is 1.79 bits per heavy atom. The Morgan fingerprint density at radius 1 is 1.21 bits per heavy atom. The highest BCUT2D eigenvalue weighted by molar-refractivity contribution is 6.33. The molecule has 0 aliphatic heterocycles. The molecular weight excluding hydrogens is 495 g/mol. The van der Waals surface area contributed by atoms with Gasteiger partial charge in [-0.25, -0.2) is 0 Å². The van der Waals surface area contributed by atoms with E-state index in [4.69, 9.17) is 17.3 Å². The zero-order chi connectivity index (χ0) is 23.9. The van der Waals surface area contributed by atoms with Gasteiger partial charge in [0, 0.05) is 28.0 Å². The monoisotopic (exact) mass is 518 g/mol. The van der Waals surface area contributed by atoms with Crippen LogP contribution in [0.1, 0.15) is 28.4 Å². The van der Waals surface area contributed by atoms with E-state index < -0.39 is 75.5 Å². The minimum Gasteiger partial charge on any atom is -0.510 e. The summed E-state index contributed by atoms with van der Waals surface area (Å²) in [5.74, 6) is -8.18. The van der Waals surface area contributed by atoms with Crippen molar-refractivity contribution in [2.75, 3.05) is 14.1 Å². The number of rotatable bonds is 2. The van der Waals surface area contributed by atoms with Crippen LogP contribution < -0.4 is 5.73 Å². The fourth-order valence-corrected chi connectivity index (χ4v) is 5.52. The van der Waals surface area contributed by atoms with E-state index in [-0.39, 0.29) is 40.5 Å². The Hall–Kier alpha value is -2.67. The van der Waals surface area contributed by atoms with E-state index >= 15 is 0 Å². The summed E-state index contributed by atoms with van der Waals surface area (Å²) in [6, 6.07) is 1.30. The zero-order valence-electron chi connectivity index (χ0n) is 17.9. The van der Waals surface area contributed by atoms with Crippen molar-refractivity contribution in [3.63, 3.8) is 0 Å². The van der Waals surface area contributed by atoms with Crippen LogP contribution in [0.15, 0.2) is 34.8 Å². The highest BCUT2D eigenvalue weighted by atomic mass is 35.5. The first kappa shape index (κ1) is 27.6. The fourth-order valence-electron chi connectivity index (χ4n) is 5.25. The zero-order valence-corrected chi connectivity index (χ0v) is 19.5. The summed E-state index contributed by atoms with van der Waals surface area (Å²) in [5.41, 5.74) is 0.739. The smallest absolute Gasteiger partial charge is 0.255 e. The van der Waals surface area contributed by atoms with Gasteiger partial charge in [-0.1, -0.05) is 11.6 Å². The molecule has 0 heterocycles. The number of amides is 1. The first-order chi connectivity index (χ1) is 14.8. The molecular formula is C21H24Cl2N2O9. The van der Waals surface area contributed by atoms with Gasteiger partial charge in [0.1, 0.15) is 22.8 Å². The van der Waals surface area contributed by atoms with E-state index in [9.17, 15) is 39.9 Å². The third kappa shape index (κ3) is 3.31. The molecule has 4 rings (SSSR count). The van der Waals surface area contributed by atoms with Gasteiger partial charge in [-0.2, -0.15) is 0 Å². The molecule has 0 bridgehead atoms. The summed E-state index contributed by atoms with van der Waals surface area (Å²) in [4.78, 5) is 39.7. The molecule has 0 saturated carbocycles. The van der Waals surface area contributed by atoms with Crippen molar-refractivity contribution in [2.45, 2.75) is 24.2 Å². The highest BCUT2D eigenvalue weighted by Gasteiger charge is 2.64. The van der Waals surface area contributed by atoms with Crippen molar-refractivity contribution in [1.29, 1.82) is 0 Å². The lowest BCUT2D eigenvalue weighted by Crippen LogP contribution is -2.64. The van der Waals surface area contributed by atoms with Gasteiger partial charge >= 0.3 is 0 Å². The van der Waals surface area contributed by atoms with Crippen LogP contribution in [0.2, 0.25) is 5.02 Å². The molecule has 13 heteroatoms. The van der Waals surface area contributed by atoms with Crippen molar-refractivity contribution in [3.8, 4) is 5.75 Å². The number of primary amides is 1. The Labute approximate surface area is 204 Å². The molecule has 186 valence electrons. The van der Waals surface area contributed by atoms with Crippen LogP contribution >= 0.6 is 24.0 Å². The maximum absolute atomic E-state index is 13.3. The van der Waals surface area contributed by atoms with Crippen LogP contribution in [0.4, 0.5) is 0 Å². The molecule has 1 amide bonds. The van der Waals surface area contributed by atoms with E-state index in [1.807, 2.05) is 0 Å². The summed E-state index contributed by atoms with van der Waals surface area (Å²) < 4.78 is 0. The Balaban J connectivity index is 0.00000204. The number of nitrogens with two attached hydrogens (primary N) is 1. The third-order valence-electron chi connectivity index (χ3n) is 6.64. The number of aromatic hydroxyl groups is 1. The number of benzene rings is 1. The molecule has 34 heavy (non-hydrogen) atoms. The maximum atomic E-state index is 13.3. The number of Topliss-reactive ketones (excluding diaryl/α,β-unsaturated/α-hetero) is 2. The number of carbonyl (C=O) groups excluding carboxylic acids is 3. The second-order valence-corrected chi connectivity index (χ2v) is 8.88. The number of phenols is 1. The number of nitrogens with zero attached hydrogens (tertiary/aromatic N) is 1. The minimum atomic E-state index is -2.77. The second kappa shape index (κ2) is 8.84. The lowest BCUT2D eigenvalue weighted by atomic mass is 9.58. The molecule has 0 spiro atoms. The van der Waals surface area contributed by atoms with Gasteiger partial charge in [0.25, 0.3) is 5.91 Å². The average Bonchev–Trinajstić information content (AvgIpc) is 2.69. The number of ketones is 2. The van der Waals surface area contributed by atoms with Crippen molar-refractivity contribution in [3.05, 3.63) is 50.9 Å². The van der Waals surface area contributed by atoms with E-state index in [0.717, 1.165) is 6.07 Å². The molecule has 3 aliphatic carbocycles. The van der Waals surface area contributed by atoms with Gasteiger partial charge in [0.2, 0.25) is 5.78 Å². The predicted octanol–water partition coefficient (Wildman–Crippen LogP) is -0.138. The lowest BCUT2D eigenvalue weighted by Gasteiger charge is -2.50. The molecule has 5 atom stereocenters. The Morgan fingerprint density at radius 3 is 2.32 bits per heavy atom. The van der Waals surface area contributed by atoms with Crippen molar-refractivity contribution < 1.29 is 45.4 Å². The maximum Gasteiger partial charge on any atom is 0.255 e. The molecule has 0 saturated heterocycles. The largest absolute Gasteiger partial charge is 0.510 e. The quantitative estimate of drug-likeness (QED) is 0.287. The Kier molecular flexibility index (Phi) is 7.17. The number of hydrogen-bond donors (Lipinski definition) is 6. The van der Waals surface area contributed by atoms with Crippen molar-refractivity contribution in [2.24, 2.45) is 17.6 Å². The number of phenolic OH excluding ortho intramolecular Hbond substituents is 1. The molecule has 0 radical (unpaired) electrons. The molecule has 11 nitrogen and oxygen atoms in total. The first-order valence-electron chi connectivity index (χ1n) is 9.69. The average molecular weight is 519 g/mol. The molecule has 9 N–H and O–H groups in total. The molecule has 0 unspecified atom stereocenters. The first-order valence-corrected chi connectivity index (χ1v) is 10.1. The summed E-state index contributed by atoms with van der Waals surface area (Å²) in [6.45, 7) is 0. The van der Waals surface area contributed by atoms with Gasteiger partial charge in [-0.3, -0.25) is 19.3 Å². The van der Waals surface area contributed by atoms with E-state index in [1.165, 1.54) is 25.1 Å². The second-order valence-electron chi connectivity index (χ2n) is 8.47. The molecule has 3 aliphatic rings. The molecule has 1 aromatic carbocycles. The number of carbonyl (C=O) groups is 3. The van der Waals surface area contributed by atoms with Gasteiger partial charge in [-0.15, -0.1) is 12.4 Å². The van der Waals surface area contributed by atoms with E-state index in [0.29, 0.717) is 0 Å². The topological polar surface area (TPSA) is 213 Å². The van der Waals surface area contributed by atoms with Crippen LogP contribution in [0.3, 0.4) is 0 Å². The SMILES string of the molecule is CN(C)[C@@H]1C(O)=C(C(N)=O)C(=O)[C@@]2(O)C(O)=C3C(=O)c4c(O)ccc(Cl)c4[C@@H](O)[C@H]3C[C@@H]12.Cl.O. The standard InChI is InChI=1S/C21H21ClN2O8.ClH.H2O/c1-24(2)14-7-5-6-10(16(27)12-9(25)4-3-8(22)11(12)15(6)26)18(29)21(7,32)19(30)13(17(14)28)20(23)31;;/h3-4,6-7,14-15,25-26,28-29,32H,5H2,1-2H3,(H2,23,31);1H;1H2/t6-,7-,14-,15-,21-;;/m0../s1. The lowest BCUT2D eigenvalue weighted by molar-refractivity contribution is -0.149. The third-order valence-corrected chi connectivity index (χ3v) is 6.97. The minimum absolute atomic E-state index is 0. The number of aliphatic hydroxyl groups is 4. The summed E-state index contributed by atoms with van der Waals surface area (Å²) in [5, 5.41) is 54.5. The Bertz CT molecular complexity index is 1160. The molecule has 0 fully saturated rings. The van der Waals surface area contributed by atoms with Crippen molar-refractivity contribution in [1.82, 2.24) is 4.90 Å². The van der Waals surface area contributed by atoms with Crippen LogP contribution in [0.25, 0.3) is 0 Å². The fraction of sp³-hybridized carbons (Fsp3) is 0.381. The van der Waals surface area contributed by atoms with Crippen LogP contribution in [-0.4, -0.2) is 79.1 Å². The number of likely N-dealkylation sites (N-methyl/N-ethyl adjacent to an activating group) is 1. The number of aliphatic hydroxyl groups excluding tert-OH is 3. The van der Waals surface area contributed by atoms with Gasteiger partial charge in [0.05, 0.1) is 17.7 Å². The summed E-state index contributed by atoms with van der Waals surface area (Å²) in [6.07, 6.45) is -1.70. The van der Waals surface area contributed by atoms with Gasteiger partial charge in [-0.05, 0) is 32.6 Å². The molecule has 0 aromatic heterocycles. The van der Waals surface area contributed by atoms with Crippen LogP contribution in [0, 0.1) is 11.8 Å². The van der Waals surface area contributed by atoms with Crippen LogP contribution in [-0.2, 0) is 9.59 Å². The highest BCUT2D eigenvalue weighted by Crippen LogP contribution is 2.55. The van der Waals surface area contributed by atoms with Gasteiger partial charge < -0.3 is 36.7 Å². The summed E-state index contributed by atoms with van der Waals surface area (Å²) in [7, 11) is 3.03. The van der Waals surface area contributed by atoms with Crippen LogP contribution in [0.5, 0.6) is 5.75 Å². The normalized spacial score (nSPS) is 30.2. The van der Waals surface area contributed by atoms with E-state index in [2.05, 4.69) is 0 Å². The number of halogens is 2. The number of hydrogen-bond acceptors (Lipinski definition) is 9. The van der Waals surface area contributed by atoms with Gasteiger partial charge in [0.15, 0.2) is 11.4 Å². The summed E-state index contributed by atoms with van der Waals surface area (Å²) >= 11 is 6.17. The van der Waals surface area contributed by atoms with Crippen molar-refractivity contribution >= 4 is 41.5 Å². The van der Waals surface area contributed by atoms with E-state index in [1.54, 1.807) is 0 Å². The predicted molar refractivity (Wildman–Crippen MR) is 121 cm³/mol. The number of fused-ring (bicyclic) bond motifs is 3.